The highest BCUT2D eigenvalue weighted by Gasteiger charge is 2.56. The first kappa shape index (κ1) is 35.7. The first-order valence-corrected chi connectivity index (χ1v) is 13.7. The van der Waals surface area contributed by atoms with Crippen molar-refractivity contribution >= 4 is 51.7 Å². The minimum Gasteiger partial charge on any atom is -0.463 e. The SMILES string of the molecule is CC(=O)OC[C@H]1O[C@@H](O[C@@H]2[C@@H](N=[N+]=[N-])[C@H](Br)O[C@H](COC(C)=O)[C@@H]2OC(C)=O)[C@H](OC(C)=O)[C@@H](OC(C)=O)[C@H]1OC(C)=O. The minimum absolute atomic E-state index is 0.420. The fraction of sp³-hybridized carbons (Fsp3) is 0.750. The van der Waals surface area contributed by atoms with Gasteiger partial charge >= 0.3 is 35.8 Å². The van der Waals surface area contributed by atoms with Crippen LogP contribution in [0.5, 0.6) is 0 Å². The summed E-state index contributed by atoms with van der Waals surface area (Å²) in [5.41, 5.74) is 9.26. The van der Waals surface area contributed by atoms with Gasteiger partial charge in [-0.1, -0.05) is 21.0 Å². The van der Waals surface area contributed by atoms with E-state index in [-0.39, 0.29) is 0 Å². The van der Waals surface area contributed by atoms with Gasteiger partial charge in [-0.05, 0) is 5.53 Å². The van der Waals surface area contributed by atoms with Crippen molar-refractivity contribution in [3.8, 4) is 0 Å². The number of carbonyl (C=O) groups is 6. The van der Waals surface area contributed by atoms with E-state index in [9.17, 15) is 34.3 Å². The second kappa shape index (κ2) is 16.4. The summed E-state index contributed by atoms with van der Waals surface area (Å²) in [4.78, 5) is 74.3. The van der Waals surface area contributed by atoms with Gasteiger partial charge in [0.05, 0.1) is 0 Å². The van der Waals surface area contributed by atoms with Gasteiger partial charge in [0.2, 0.25) is 0 Å². The van der Waals surface area contributed by atoms with Crippen molar-refractivity contribution in [1.82, 2.24) is 0 Å². The van der Waals surface area contributed by atoms with E-state index >= 15 is 0 Å². The summed E-state index contributed by atoms with van der Waals surface area (Å²) in [6, 6.07) is -1.28. The maximum Gasteiger partial charge on any atom is 0.303 e. The predicted octanol–water partition coefficient (Wildman–Crippen LogP) is 0.748. The van der Waals surface area contributed by atoms with E-state index in [1.807, 2.05) is 0 Å². The fourth-order valence-electron chi connectivity index (χ4n) is 4.34. The lowest BCUT2D eigenvalue weighted by Crippen LogP contribution is -2.66. The molecule has 2 rings (SSSR count). The van der Waals surface area contributed by atoms with Crippen LogP contribution in [0.2, 0.25) is 0 Å². The number of esters is 6. The number of hydrogen-bond acceptors (Lipinski definition) is 16. The Labute approximate surface area is 253 Å². The molecular formula is C24H32BrN3O15. The molecule has 0 aromatic heterocycles. The van der Waals surface area contributed by atoms with Crippen LogP contribution < -0.4 is 0 Å². The summed E-state index contributed by atoms with van der Waals surface area (Å²) >= 11 is 3.23. The average Bonchev–Trinajstić information content (AvgIpc) is 2.87. The van der Waals surface area contributed by atoms with Crippen LogP contribution in [0.1, 0.15) is 41.5 Å². The highest BCUT2D eigenvalue weighted by Crippen LogP contribution is 2.36. The van der Waals surface area contributed by atoms with Crippen LogP contribution in [0.3, 0.4) is 0 Å². The van der Waals surface area contributed by atoms with Crippen molar-refractivity contribution < 1.29 is 71.4 Å². The lowest BCUT2D eigenvalue weighted by Gasteiger charge is -2.48. The number of ether oxygens (including phenoxy) is 9. The summed E-state index contributed by atoms with van der Waals surface area (Å²) in [5.74, 6) is -4.82. The molecule has 2 aliphatic heterocycles. The molecule has 0 radical (unpaired) electrons. The van der Waals surface area contributed by atoms with Gasteiger partial charge in [-0.3, -0.25) is 28.8 Å². The zero-order chi connectivity index (χ0) is 32.4. The molecule has 2 heterocycles. The molecule has 0 aromatic carbocycles. The van der Waals surface area contributed by atoms with E-state index in [4.69, 9.17) is 42.6 Å². The van der Waals surface area contributed by atoms with Crippen LogP contribution >= 0.6 is 15.9 Å². The second-order valence-electron chi connectivity index (χ2n) is 9.27. The van der Waals surface area contributed by atoms with Crippen molar-refractivity contribution in [3.05, 3.63) is 10.4 Å². The zero-order valence-corrected chi connectivity index (χ0v) is 25.6. The van der Waals surface area contributed by atoms with Gasteiger partial charge in [-0.2, -0.15) is 0 Å². The Kier molecular flexibility index (Phi) is 13.6. The molecule has 0 unspecified atom stereocenters. The summed E-state index contributed by atoms with van der Waals surface area (Å²) in [6.45, 7) is 5.53. The van der Waals surface area contributed by atoms with Gasteiger partial charge < -0.3 is 42.6 Å². The van der Waals surface area contributed by atoms with E-state index in [1.54, 1.807) is 0 Å². The van der Waals surface area contributed by atoms with Gasteiger partial charge in [0.1, 0.15) is 42.6 Å². The quantitative estimate of drug-likeness (QED) is 0.0730. The molecule has 2 aliphatic rings. The molecule has 0 spiro atoms. The smallest absolute Gasteiger partial charge is 0.303 e. The minimum atomic E-state index is -1.72. The standard InChI is InChI=1S/C24H32BrN3O15/c1-9(29)35-7-15-18(37-11(3)31)20(17(27-28-26)23(25)41-15)43-24-22(40-14(6)34)21(39-13(5)33)19(38-12(4)32)16(42-24)8-36-10(2)30/h15-24H,7-8H2,1-6H3/t15-,16-,17-,18+,19+,20-,21+,22-,23-,24+/m1/s1. The molecule has 0 amide bonds. The van der Waals surface area contributed by atoms with Crippen molar-refractivity contribution in [3.63, 3.8) is 0 Å². The summed E-state index contributed by atoms with van der Waals surface area (Å²) in [5, 5.41) is 2.59. The molecule has 0 saturated carbocycles. The highest BCUT2D eigenvalue weighted by atomic mass is 79.9. The van der Waals surface area contributed by atoms with Gasteiger partial charge in [-0.15, -0.1) is 0 Å². The average molecular weight is 682 g/mol. The zero-order valence-electron chi connectivity index (χ0n) is 24.0. The van der Waals surface area contributed by atoms with Crippen LogP contribution in [-0.2, 0) is 71.4 Å². The second-order valence-corrected chi connectivity index (χ2v) is 10.2. The summed E-state index contributed by atoms with van der Waals surface area (Å²) < 4.78 is 49.5. The molecule has 10 atom stereocenters. The Balaban J connectivity index is 2.65. The van der Waals surface area contributed by atoms with Gasteiger partial charge in [0.15, 0.2) is 30.7 Å². The molecule has 19 heteroatoms. The summed E-state index contributed by atoms with van der Waals surface area (Å²) in [6.07, 6.45) is -11.7. The molecule has 43 heavy (non-hydrogen) atoms. The van der Waals surface area contributed by atoms with Crippen LogP contribution in [0.15, 0.2) is 5.11 Å². The van der Waals surface area contributed by atoms with E-state index in [1.165, 1.54) is 0 Å². The molecule has 0 aromatic rings. The fourth-order valence-corrected chi connectivity index (χ4v) is 5.02. The van der Waals surface area contributed by atoms with Crippen LogP contribution in [0.25, 0.3) is 10.4 Å². The highest BCUT2D eigenvalue weighted by molar-refractivity contribution is 9.09. The number of rotatable bonds is 11. The van der Waals surface area contributed by atoms with E-state index in [2.05, 4.69) is 26.0 Å². The molecule has 0 bridgehead atoms. The first-order chi connectivity index (χ1) is 20.1. The topological polar surface area (TPSA) is 234 Å². The van der Waals surface area contributed by atoms with Crippen LogP contribution in [-0.4, -0.2) is 109 Å². The third-order valence-electron chi connectivity index (χ3n) is 5.78. The number of azide groups is 1. The van der Waals surface area contributed by atoms with Crippen LogP contribution in [0.4, 0.5) is 0 Å². The Morgan fingerprint density at radius 3 is 1.51 bits per heavy atom. The Morgan fingerprint density at radius 2 is 1.07 bits per heavy atom. The Hall–Kier alpha value is -3.51. The number of halogens is 1. The third-order valence-corrected chi connectivity index (χ3v) is 6.53. The van der Waals surface area contributed by atoms with Crippen LogP contribution in [0, 0.1) is 0 Å². The van der Waals surface area contributed by atoms with E-state index in [0.29, 0.717) is 0 Å². The number of carbonyl (C=O) groups excluding carboxylic acids is 6. The maximum atomic E-state index is 12.2. The first-order valence-electron chi connectivity index (χ1n) is 12.7. The summed E-state index contributed by atoms with van der Waals surface area (Å²) in [7, 11) is 0. The Bertz CT molecular complexity index is 1120. The van der Waals surface area contributed by atoms with E-state index < -0.39 is 109 Å². The molecule has 18 nitrogen and oxygen atoms in total. The lowest BCUT2D eigenvalue weighted by molar-refractivity contribution is -0.332. The number of alkyl halides is 1. The Morgan fingerprint density at radius 1 is 0.651 bits per heavy atom. The molecule has 2 saturated heterocycles. The maximum absolute atomic E-state index is 12.2. The monoisotopic (exact) mass is 681 g/mol. The van der Waals surface area contributed by atoms with Gasteiger partial charge in [0, 0.05) is 46.5 Å². The van der Waals surface area contributed by atoms with Crippen molar-refractivity contribution in [1.29, 1.82) is 0 Å². The van der Waals surface area contributed by atoms with Gasteiger partial charge in [-0.25, -0.2) is 0 Å². The molecule has 0 N–H and O–H groups in total. The number of nitrogens with zero attached hydrogens (tertiary/aromatic N) is 3. The molecular weight excluding hydrogens is 650 g/mol. The molecule has 240 valence electrons. The van der Waals surface area contributed by atoms with Crippen molar-refractivity contribution in [2.45, 2.75) is 102 Å². The predicted molar refractivity (Wildman–Crippen MR) is 140 cm³/mol. The van der Waals surface area contributed by atoms with Crippen molar-refractivity contribution in [2.75, 3.05) is 13.2 Å². The van der Waals surface area contributed by atoms with Crippen molar-refractivity contribution in [2.24, 2.45) is 5.11 Å². The van der Waals surface area contributed by atoms with E-state index in [0.717, 1.165) is 41.5 Å². The number of hydrogen-bond donors (Lipinski definition) is 0. The third kappa shape index (κ3) is 10.6. The normalized spacial score (nSPS) is 31.8. The largest absolute Gasteiger partial charge is 0.463 e. The van der Waals surface area contributed by atoms with Gasteiger partial charge in [0.25, 0.3) is 0 Å². The molecule has 0 aliphatic carbocycles. The molecule has 2 fully saturated rings. The lowest BCUT2D eigenvalue weighted by atomic mass is 9.96.